The molecular weight excluding hydrogens is 464 g/mol. The summed E-state index contributed by atoms with van der Waals surface area (Å²) in [7, 11) is 1.79. The summed E-state index contributed by atoms with van der Waals surface area (Å²) in [5, 5.41) is 9.70. The van der Waals surface area contributed by atoms with Crippen molar-refractivity contribution in [2.45, 2.75) is 45.7 Å². The number of hydrogen-bond donors (Lipinski definition) is 3. The Morgan fingerprint density at radius 3 is 2.78 bits per heavy atom. The number of aromatic amines is 1. The molecule has 3 N–H and O–H groups in total. The van der Waals surface area contributed by atoms with Gasteiger partial charge in [-0.2, -0.15) is 0 Å². The first kappa shape index (κ1) is 23.5. The Morgan fingerprint density at radius 2 is 2.00 bits per heavy atom. The number of likely N-dealkylation sites (N-methyl/N-ethyl adjacent to an activating group) is 1. The minimum Gasteiger partial charge on any atom is -0.358 e. The highest BCUT2D eigenvalue weighted by atomic mass is 16.5. The summed E-state index contributed by atoms with van der Waals surface area (Å²) in [4.78, 5) is 51.8. The fraction of sp³-hybridized carbons (Fsp3) is 0.391. The third kappa shape index (κ3) is 4.52. The molecule has 0 radical (unpaired) electrons. The molecular formula is C23H26N10O3. The quantitative estimate of drug-likeness (QED) is 0.384. The predicted molar refractivity (Wildman–Crippen MR) is 129 cm³/mol. The van der Waals surface area contributed by atoms with Gasteiger partial charge in [0.1, 0.15) is 34.9 Å². The first-order chi connectivity index (χ1) is 17.1. The first-order valence-electron chi connectivity index (χ1n) is 11.4. The van der Waals surface area contributed by atoms with E-state index in [9.17, 15) is 9.59 Å². The van der Waals surface area contributed by atoms with Crippen LogP contribution in [0.25, 0.3) is 22.7 Å². The van der Waals surface area contributed by atoms with Crippen LogP contribution in [0.15, 0.2) is 23.1 Å². The van der Waals surface area contributed by atoms with Gasteiger partial charge in [-0.25, -0.2) is 24.9 Å². The van der Waals surface area contributed by atoms with E-state index in [2.05, 4.69) is 45.7 Å². The lowest BCUT2D eigenvalue weighted by molar-refractivity contribution is -0.116. The number of hydrogen-bond acceptors (Lipinski definition) is 10. The lowest BCUT2D eigenvalue weighted by Crippen LogP contribution is -2.29. The second-order valence-electron chi connectivity index (χ2n) is 9.85. The van der Waals surface area contributed by atoms with Gasteiger partial charge < -0.3 is 20.1 Å². The van der Waals surface area contributed by atoms with Gasteiger partial charge in [-0.15, -0.1) is 0 Å². The van der Waals surface area contributed by atoms with Gasteiger partial charge in [0.25, 0.3) is 5.91 Å². The van der Waals surface area contributed by atoms with Crippen LogP contribution in [0.1, 0.15) is 61.4 Å². The molecule has 2 amide bonds. The van der Waals surface area contributed by atoms with Gasteiger partial charge in [0.2, 0.25) is 5.91 Å². The van der Waals surface area contributed by atoms with E-state index < -0.39 is 11.9 Å². The molecule has 5 rings (SSSR count). The molecule has 0 saturated heterocycles. The first-order valence-corrected chi connectivity index (χ1v) is 11.4. The molecule has 0 spiro atoms. The van der Waals surface area contributed by atoms with Gasteiger partial charge in [0.05, 0.1) is 18.8 Å². The third-order valence-corrected chi connectivity index (χ3v) is 5.72. The number of amides is 2. The highest BCUT2D eigenvalue weighted by Gasteiger charge is 2.26. The molecule has 0 aliphatic carbocycles. The zero-order chi connectivity index (χ0) is 25.6. The van der Waals surface area contributed by atoms with Crippen molar-refractivity contribution in [3.63, 3.8) is 0 Å². The van der Waals surface area contributed by atoms with Crippen LogP contribution in [-0.4, -0.2) is 65.4 Å². The Kier molecular flexibility index (Phi) is 5.71. The van der Waals surface area contributed by atoms with Crippen LogP contribution in [-0.2, 0) is 16.8 Å². The third-order valence-electron chi connectivity index (χ3n) is 5.72. The number of nitrogens with zero attached hydrogens (tertiary/aromatic N) is 7. The second kappa shape index (κ2) is 8.75. The lowest BCUT2D eigenvalue weighted by atomic mass is 9.96. The molecule has 0 fully saturated rings. The predicted octanol–water partition coefficient (Wildman–Crippen LogP) is 1.97. The monoisotopic (exact) mass is 490 g/mol. The molecule has 5 heterocycles. The molecule has 0 aromatic carbocycles. The Morgan fingerprint density at radius 1 is 1.19 bits per heavy atom. The molecule has 4 aromatic heterocycles. The lowest BCUT2D eigenvalue weighted by Gasteiger charge is -2.15. The number of imidazole rings is 1. The van der Waals surface area contributed by atoms with Gasteiger partial charge in [-0.1, -0.05) is 25.9 Å². The van der Waals surface area contributed by atoms with Crippen molar-refractivity contribution < 1.29 is 14.1 Å². The normalized spacial score (nSPS) is 15.3. The van der Waals surface area contributed by atoms with Crippen LogP contribution in [0.4, 0.5) is 5.82 Å². The molecule has 4 aromatic rings. The minimum atomic E-state index is -0.515. The second-order valence-corrected chi connectivity index (χ2v) is 9.85. The molecule has 13 nitrogen and oxygen atoms in total. The molecule has 0 saturated carbocycles. The fourth-order valence-electron chi connectivity index (χ4n) is 3.84. The summed E-state index contributed by atoms with van der Waals surface area (Å²) >= 11 is 0. The van der Waals surface area contributed by atoms with E-state index in [0.29, 0.717) is 52.2 Å². The molecule has 13 heteroatoms. The van der Waals surface area contributed by atoms with Gasteiger partial charge in [0.15, 0.2) is 17.2 Å². The zero-order valence-electron chi connectivity index (χ0n) is 20.6. The number of nitrogens with one attached hydrogen (secondary N) is 3. The van der Waals surface area contributed by atoms with Crippen molar-refractivity contribution in [3.8, 4) is 11.5 Å². The maximum Gasteiger partial charge on any atom is 0.271 e. The average molecular weight is 491 g/mol. The Labute approximate surface area is 206 Å². The summed E-state index contributed by atoms with van der Waals surface area (Å²) in [6.45, 7) is 8.43. The van der Waals surface area contributed by atoms with E-state index in [1.807, 2.05) is 20.8 Å². The smallest absolute Gasteiger partial charge is 0.271 e. The van der Waals surface area contributed by atoms with E-state index in [1.165, 1.54) is 6.33 Å². The highest BCUT2D eigenvalue weighted by molar-refractivity contribution is 5.98. The summed E-state index contributed by atoms with van der Waals surface area (Å²) in [5.41, 5.74) is 2.23. The summed E-state index contributed by atoms with van der Waals surface area (Å²) in [5.74, 6) is 1.33. The topological polar surface area (TPSA) is 168 Å². The average Bonchev–Trinajstić information content (AvgIpc) is 3.42. The molecule has 36 heavy (non-hydrogen) atoms. The standard InChI is InChI=1S/C23H26N10O3/c1-11(27-21(35)17-12-8-33(5)9-16(34)29-18(12)26-10-25-17)15-6-13(32-36-15)19-28-14-7-24-22(23(2,3)4)31-20(14)30-19/h6-7,10-11H,8-9H2,1-5H3,(H,27,35)(H,24,28,30,31)(H,25,26,29,34)/t11-/m1/s1. The van der Waals surface area contributed by atoms with Crippen molar-refractivity contribution in [3.05, 3.63) is 41.4 Å². The van der Waals surface area contributed by atoms with Crippen molar-refractivity contribution in [1.82, 2.24) is 45.3 Å². The zero-order valence-corrected chi connectivity index (χ0v) is 20.6. The minimum absolute atomic E-state index is 0.186. The molecule has 0 unspecified atom stereocenters. The number of carbonyl (C=O) groups excluding carboxylic acids is 2. The van der Waals surface area contributed by atoms with Gasteiger partial charge in [-0.05, 0) is 14.0 Å². The number of aromatic nitrogens is 7. The van der Waals surface area contributed by atoms with E-state index in [0.717, 1.165) is 0 Å². The van der Waals surface area contributed by atoms with E-state index >= 15 is 0 Å². The van der Waals surface area contributed by atoms with Gasteiger partial charge in [-0.3, -0.25) is 14.5 Å². The number of fused-ring (bicyclic) bond motifs is 2. The molecule has 1 aliphatic rings. The number of anilines is 1. The molecule has 186 valence electrons. The van der Waals surface area contributed by atoms with Crippen LogP contribution >= 0.6 is 0 Å². The maximum absolute atomic E-state index is 13.1. The summed E-state index contributed by atoms with van der Waals surface area (Å²) in [6, 6.07) is 1.19. The van der Waals surface area contributed by atoms with E-state index in [1.54, 1.807) is 31.1 Å². The maximum atomic E-state index is 13.1. The summed E-state index contributed by atoms with van der Waals surface area (Å²) < 4.78 is 5.50. The summed E-state index contributed by atoms with van der Waals surface area (Å²) in [6.07, 6.45) is 2.96. The van der Waals surface area contributed by atoms with Crippen LogP contribution in [0.2, 0.25) is 0 Å². The van der Waals surface area contributed by atoms with Crippen LogP contribution < -0.4 is 10.6 Å². The van der Waals surface area contributed by atoms with E-state index in [-0.39, 0.29) is 23.6 Å². The Bertz CT molecular complexity index is 1470. The van der Waals surface area contributed by atoms with Crippen molar-refractivity contribution in [2.24, 2.45) is 0 Å². The van der Waals surface area contributed by atoms with Gasteiger partial charge in [0, 0.05) is 23.6 Å². The number of H-pyrrole nitrogens is 1. The molecule has 0 bridgehead atoms. The Hall–Kier alpha value is -4.26. The van der Waals surface area contributed by atoms with Crippen molar-refractivity contribution in [1.29, 1.82) is 0 Å². The number of carbonyl (C=O) groups is 2. The Balaban J connectivity index is 1.35. The van der Waals surface area contributed by atoms with Crippen LogP contribution in [0, 0.1) is 0 Å². The fourth-order valence-corrected chi connectivity index (χ4v) is 3.84. The van der Waals surface area contributed by atoms with E-state index in [4.69, 9.17) is 4.52 Å². The van der Waals surface area contributed by atoms with Crippen molar-refractivity contribution >= 4 is 28.8 Å². The van der Waals surface area contributed by atoms with Gasteiger partial charge >= 0.3 is 0 Å². The molecule has 1 aliphatic heterocycles. The molecule has 1 atom stereocenters. The largest absolute Gasteiger partial charge is 0.358 e. The number of rotatable bonds is 4. The van der Waals surface area contributed by atoms with Crippen LogP contribution in [0.3, 0.4) is 0 Å². The highest BCUT2D eigenvalue weighted by Crippen LogP contribution is 2.25. The van der Waals surface area contributed by atoms with Crippen LogP contribution in [0.5, 0.6) is 0 Å². The SMILES string of the molecule is C[C@@H](NC(=O)c1ncnc2c1CN(C)CC(=O)N2)c1cc(-c2nc3nc(C(C)(C)C)ncc3[nH]2)no1. The van der Waals surface area contributed by atoms with Crippen molar-refractivity contribution in [2.75, 3.05) is 18.9 Å².